The zero-order valence-corrected chi connectivity index (χ0v) is 12.4. The van der Waals surface area contributed by atoms with Crippen LogP contribution in [0.25, 0.3) is 16.7 Å². The van der Waals surface area contributed by atoms with E-state index in [0.717, 1.165) is 12.1 Å². The van der Waals surface area contributed by atoms with Crippen LogP contribution in [0, 0.1) is 20.2 Å². The molecule has 9 nitrogen and oxygen atoms in total. The van der Waals surface area contributed by atoms with E-state index in [9.17, 15) is 25.0 Å². The Morgan fingerprint density at radius 1 is 1.08 bits per heavy atom. The van der Waals surface area contributed by atoms with Crippen molar-refractivity contribution in [1.82, 2.24) is 9.55 Å². The number of ketones is 1. The summed E-state index contributed by atoms with van der Waals surface area (Å²) in [7, 11) is 0. The molecule has 1 heterocycles. The first-order valence-corrected chi connectivity index (χ1v) is 6.82. The Morgan fingerprint density at radius 3 is 2.42 bits per heavy atom. The van der Waals surface area contributed by atoms with Crippen LogP contribution in [0.4, 0.5) is 11.4 Å². The van der Waals surface area contributed by atoms with Crippen molar-refractivity contribution in [3.8, 4) is 5.69 Å². The van der Waals surface area contributed by atoms with Crippen molar-refractivity contribution in [1.29, 1.82) is 0 Å². The quantitative estimate of drug-likeness (QED) is 0.412. The zero-order valence-electron chi connectivity index (χ0n) is 12.4. The molecule has 0 aliphatic carbocycles. The SMILES string of the molecule is CC(=O)c1nc2ccccc2n1-c1ccc([N+](=O)[O-])cc1[N+](=O)[O-]. The van der Waals surface area contributed by atoms with Crippen LogP contribution in [-0.4, -0.2) is 25.2 Å². The lowest BCUT2D eigenvalue weighted by atomic mass is 10.2. The first-order chi connectivity index (χ1) is 11.4. The molecule has 0 aliphatic heterocycles. The summed E-state index contributed by atoms with van der Waals surface area (Å²) < 4.78 is 1.35. The fraction of sp³-hybridized carbons (Fsp3) is 0.0667. The van der Waals surface area contributed by atoms with Gasteiger partial charge in [0.25, 0.3) is 11.4 Å². The molecule has 0 radical (unpaired) electrons. The Labute approximate surface area is 134 Å². The number of benzene rings is 2. The number of hydrogen-bond donors (Lipinski definition) is 0. The van der Waals surface area contributed by atoms with E-state index in [2.05, 4.69) is 4.98 Å². The summed E-state index contributed by atoms with van der Waals surface area (Å²) in [5, 5.41) is 22.2. The summed E-state index contributed by atoms with van der Waals surface area (Å²) in [6.45, 7) is 1.30. The molecule has 120 valence electrons. The van der Waals surface area contributed by atoms with Gasteiger partial charge in [-0.25, -0.2) is 4.98 Å². The topological polar surface area (TPSA) is 121 Å². The number of nitrogens with zero attached hydrogens (tertiary/aromatic N) is 4. The number of nitro groups is 2. The maximum Gasteiger partial charge on any atom is 0.300 e. The highest BCUT2D eigenvalue weighted by Crippen LogP contribution is 2.31. The van der Waals surface area contributed by atoms with E-state index in [1.54, 1.807) is 24.3 Å². The minimum absolute atomic E-state index is 0.0214. The van der Waals surface area contributed by atoms with E-state index in [1.807, 2.05) is 0 Å². The number of non-ortho nitro benzene ring substituents is 1. The molecule has 3 aromatic rings. The molecule has 0 spiro atoms. The van der Waals surface area contributed by atoms with Gasteiger partial charge in [0.05, 0.1) is 26.9 Å². The lowest BCUT2D eigenvalue weighted by Gasteiger charge is -2.08. The predicted octanol–water partition coefficient (Wildman–Crippen LogP) is 3.04. The Kier molecular flexibility index (Phi) is 3.53. The molecule has 3 rings (SSSR count). The maximum absolute atomic E-state index is 11.9. The number of aromatic nitrogens is 2. The predicted molar refractivity (Wildman–Crippen MR) is 84.4 cm³/mol. The highest BCUT2D eigenvalue weighted by Gasteiger charge is 2.25. The second-order valence-electron chi connectivity index (χ2n) is 5.00. The largest absolute Gasteiger partial charge is 0.300 e. The van der Waals surface area contributed by atoms with Gasteiger partial charge in [-0.1, -0.05) is 12.1 Å². The van der Waals surface area contributed by atoms with E-state index < -0.39 is 21.2 Å². The van der Waals surface area contributed by atoms with Gasteiger partial charge >= 0.3 is 0 Å². The van der Waals surface area contributed by atoms with E-state index in [0.29, 0.717) is 11.0 Å². The minimum atomic E-state index is -0.721. The minimum Gasteiger partial charge on any atom is -0.291 e. The molecule has 0 saturated carbocycles. The van der Waals surface area contributed by atoms with Gasteiger partial charge in [0, 0.05) is 13.0 Å². The molecule has 0 saturated heterocycles. The molecule has 0 atom stereocenters. The van der Waals surface area contributed by atoms with Crippen LogP contribution in [-0.2, 0) is 0 Å². The number of para-hydroxylation sites is 2. The number of fused-ring (bicyclic) bond motifs is 1. The number of Topliss-reactive ketones (excluding diaryl/α,β-unsaturated/α-hetero) is 1. The van der Waals surface area contributed by atoms with Crippen molar-refractivity contribution in [3.05, 3.63) is 68.5 Å². The molecule has 0 fully saturated rings. The number of hydrogen-bond acceptors (Lipinski definition) is 6. The molecule has 24 heavy (non-hydrogen) atoms. The van der Waals surface area contributed by atoms with Crippen LogP contribution in [0.2, 0.25) is 0 Å². The number of carbonyl (C=O) groups excluding carboxylic acids is 1. The Morgan fingerprint density at radius 2 is 1.79 bits per heavy atom. The fourth-order valence-corrected chi connectivity index (χ4v) is 2.47. The molecular weight excluding hydrogens is 316 g/mol. The van der Waals surface area contributed by atoms with Gasteiger partial charge in [0.2, 0.25) is 0 Å². The number of nitro benzene ring substituents is 2. The molecule has 1 aromatic heterocycles. The van der Waals surface area contributed by atoms with E-state index in [4.69, 9.17) is 0 Å². The highest BCUT2D eigenvalue weighted by molar-refractivity contribution is 5.96. The normalized spacial score (nSPS) is 10.7. The van der Waals surface area contributed by atoms with Crippen molar-refractivity contribution in [2.75, 3.05) is 0 Å². The average Bonchev–Trinajstić information content (AvgIpc) is 2.93. The summed E-state index contributed by atoms with van der Waals surface area (Å²) in [5.41, 5.74) is 0.161. The maximum atomic E-state index is 11.9. The number of imidazole rings is 1. The summed E-state index contributed by atoms with van der Waals surface area (Å²) >= 11 is 0. The Hall–Kier alpha value is -3.62. The van der Waals surface area contributed by atoms with Crippen molar-refractivity contribution >= 4 is 28.2 Å². The Bertz CT molecular complexity index is 1010. The van der Waals surface area contributed by atoms with Crippen LogP contribution < -0.4 is 0 Å². The fourth-order valence-electron chi connectivity index (χ4n) is 2.47. The van der Waals surface area contributed by atoms with Crippen LogP contribution >= 0.6 is 0 Å². The van der Waals surface area contributed by atoms with Gasteiger partial charge in [-0.3, -0.25) is 29.6 Å². The standard InChI is InChI=1S/C15H10N4O5/c1-9(20)15-16-11-4-2-3-5-12(11)17(15)13-7-6-10(18(21)22)8-14(13)19(23)24/h2-8H,1H3. The third-order valence-corrected chi connectivity index (χ3v) is 3.48. The zero-order chi connectivity index (χ0) is 17.4. The van der Waals surface area contributed by atoms with Gasteiger partial charge in [0.15, 0.2) is 11.6 Å². The smallest absolute Gasteiger partial charge is 0.291 e. The molecule has 0 unspecified atom stereocenters. The van der Waals surface area contributed by atoms with E-state index in [-0.39, 0.29) is 17.3 Å². The third-order valence-electron chi connectivity index (χ3n) is 3.48. The van der Waals surface area contributed by atoms with Crippen LogP contribution in [0.15, 0.2) is 42.5 Å². The first kappa shape index (κ1) is 15.3. The average molecular weight is 326 g/mol. The Balaban J connectivity index is 2.39. The number of carbonyl (C=O) groups is 1. The van der Waals surface area contributed by atoms with Crippen molar-refractivity contribution in [3.63, 3.8) is 0 Å². The summed E-state index contributed by atoms with van der Waals surface area (Å²) in [5.74, 6) is -0.355. The molecular formula is C15H10N4O5. The summed E-state index contributed by atoms with van der Waals surface area (Å²) in [4.78, 5) is 36.9. The van der Waals surface area contributed by atoms with Gasteiger partial charge in [0.1, 0.15) is 5.69 Å². The summed E-state index contributed by atoms with van der Waals surface area (Å²) in [6, 6.07) is 10.1. The van der Waals surface area contributed by atoms with E-state index in [1.165, 1.54) is 17.6 Å². The molecule has 0 N–H and O–H groups in total. The van der Waals surface area contributed by atoms with Crippen molar-refractivity contribution < 1.29 is 14.6 Å². The molecule has 0 bridgehead atoms. The van der Waals surface area contributed by atoms with Gasteiger partial charge < -0.3 is 0 Å². The van der Waals surface area contributed by atoms with Crippen LogP contribution in [0.1, 0.15) is 17.5 Å². The second-order valence-corrected chi connectivity index (χ2v) is 5.00. The van der Waals surface area contributed by atoms with Gasteiger partial charge in [-0.2, -0.15) is 0 Å². The first-order valence-electron chi connectivity index (χ1n) is 6.82. The molecule has 0 amide bonds. The molecule has 9 heteroatoms. The van der Waals surface area contributed by atoms with Crippen molar-refractivity contribution in [2.45, 2.75) is 6.92 Å². The van der Waals surface area contributed by atoms with E-state index >= 15 is 0 Å². The van der Waals surface area contributed by atoms with Gasteiger partial charge in [-0.05, 0) is 18.2 Å². The number of rotatable bonds is 4. The highest BCUT2D eigenvalue weighted by atomic mass is 16.6. The molecule has 2 aromatic carbocycles. The third kappa shape index (κ3) is 2.37. The van der Waals surface area contributed by atoms with Crippen molar-refractivity contribution in [2.24, 2.45) is 0 Å². The molecule has 0 aliphatic rings. The van der Waals surface area contributed by atoms with Crippen LogP contribution in [0.5, 0.6) is 0 Å². The lowest BCUT2D eigenvalue weighted by molar-refractivity contribution is -0.394. The van der Waals surface area contributed by atoms with Crippen LogP contribution in [0.3, 0.4) is 0 Å². The second kappa shape index (κ2) is 5.54. The monoisotopic (exact) mass is 326 g/mol. The van der Waals surface area contributed by atoms with Gasteiger partial charge in [-0.15, -0.1) is 0 Å². The summed E-state index contributed by atoms with van der Waals surface area (Å²) in [6.07, 6.45) is 0. The lowest BCUT2D eigenvalue weighted by Crippen LogP contribution is -2.08.